The first-order chi connectivity index (χ1) is 5.59. The highest BCUT2D eigenvalue weighted by Crippen LogP contribution is 1.97. The van der Waals surface area contributed by atoms with Crippen molar-refractivity contribution in [3.63, 3.8) is 0 Å². The molecule has 0 heterocycles. The fourth-order valence-corrected chi connectivity index (χ4v) is 0.858. The molecule has 0 radical (unpaired) electrons. The number of thioether (sulfide) groups is 1. The standard InChI is InChI=1S/C5H11NO2S.CH2N2/c1-9-3-2-4(6)5(7)8;2-1-3/h4H,2-3,6H2,1H3,(H,7,8);2H2. The molecule has 0 spiro atoms. The van der Waals surface area contributed by atoms with Crippen molar-refractivity contribution in [1.29, 1.82) is 5.26 Å². The lowest BCUT2D eigenvalue weighted by Gasteiger charge is -2.02. The van der Waals surface area contributed by atoms with Gasteiger partial charge in [0.15, 0.2) is 6.19 Å². The van der Waals surface area contributed by atoms with Crippen molar-refractivity contribution in [2.24, 2.45) is 11.5 Å². The van der Waals surface area contributed by atoms with Gasteiger partial charge in [0.05, 0.1) is 0 Å². The summed E-state index contributed by atoms with van der Waals surface area (Å²) in [4.78, 5) is 10.1. The monoisotopic (exact) mass is 191 g/mol. The van der Waals surface area contributed by atoms with E-state index in [0.717, 1.165) is 5.75 Å². The third kappa shape index (κ3) is 11.8. The maximum Gasteiger partial charge on any atom is 0.320 e. The van der Waals surface area contributed by atoms with Crippen LogP contribution >= 0.6 is 11.8 Å². The number of hydrogen-bond donors (Lipinski definition) is 3. The Morgan fingerprint density at radius 3 is 2.50 bits per heavy atom. The Labute approximate surface area is 75.7 Å². The molecule has 0 aromatic rings. The second-order valence-electron chi connectivity index (χ2n) is 1.86. The van der Waals surface area contributed by atoms with Gasteiger partial charge < -0.3 is 16.6 Å². The van der Waals surface area contributed by atoms with Gasteiger partial charge in [-0.1, -0.05) is 0 Å². The number of carbonyl (C=O) groups is 1. The van der Waals surface area contributed by atoms with Gasteiger partial charge in [-0.2, -0.15) is 17.0 Å². The first kappa shape index (κ1) is 13.6. The van der Waals surface area contributed by atoms with Gasteiger partial charge in [0, 0.05) is 0 Å². The summed E-state index contributed by atoms with van der Waals surface area (Å²) in [6.45, 7) is 0. The molecule has 1 atom stereocenters. The summed E-state index contributed by atoms with van der Waals surface area (Å²) < 4.78 is 0. The van der Waals surface area contributed by atoms with E-state index in [1.54, 1.807) is 11.8 Å². The normalized spacial score (nSPS) is 10.4. The first-order valence-electron chi connectivity index (χ1n) is 3.17. The molecule has 0 saturated carbocycles. The Bertz CT molecular complexity index is 157. The fourth-order valence-electron chi connectivity index (χ4n) is 0.368. The Hall–Kier alpha value is -0.930. The summed E-state index contributed by atoms with van der Waals surface area (Å²) in [7, 11) is 0. The second-order valence-corrected chi connectivity index (χ2v) is 2.84. The summed E-state index contributed by atoms with van der Waals surface area (Å²) in [5, 5.41) is 15.4. The molecule has 0 bridgehead atoms. The maximum absolute atomic E-state index is 10.1. The van der Waals surface area contributed by atoms with Gasteiger partial charge in [-0.15, -0.1) is 0 Å². The molecule has 5 nitrogen and oxygen atoms in total. The summed E-state index contributed by atoms with van der Waals surface area (Å²) in [5.74, 6) is -0.1000. The summed E-state index contributed by atoms with van der Waals surface area (Å²) >= 11 is 1.60. The van der Waals surface area contributed by atoms with Crippen LogP contribution in [-0.2, 0) is 4.79 Å². The molecule has 6 heteroatoms. The summed E-state index contributed by atoms with van der Waals surface area (Å²) in [6.07, 6.45) is 3.73. The van der Waals surface area contributed by atoms with Gasteiger partial charge in [0.25, 0.3) is 0 Å². The van der Waals surface area contributed by atoms with E-state index < -0.39 is 12.0 Å². The molecule has 12 heavy (non-hydrogen) atoms. The lowest BCUT2D eigenvalue weighted by atomic mass is 10.2. The molecule has 1 unspecified atom stereocenters. The number of nitrogens with two attached hydrogens (primary N) is 2. The van der Waals surface area contributed by atoms with Crippen molar-refractivity contribution >= 4 is 17.7 Å². The molecule has 0 aliphatic heterocycles. The van der Waals surface area contributed by atoms with E-state index in [-0.39, 0.29) is 0 Å². The minimum atomic E-state index is -0.913. The number of rotatable bonds is 4. The van der Waals surface area contributed by atoms with E-state index in [0.29, 0.717) is 6.42 Å². The summed E-state index contributed by atoms with van der Waals surface area (Å²) in [5.41, 5.74) is 9.34. The molecule has 0 rings (SSSR count). The molecule has 0 aromatic carbocycles. The van der Waals surface area contributed by atoms with Crippen molar-refractivity contribution in [2.45, 2.75) is 12.5 Å². The molecular weight excluding hydrogens is 178 g/mol. The highest BCUT2D eigenvalue weighted by Gasteiger charge is 2.08. The number of hydrogen-bond acceptors (Lipinski definition) is 5. The number of nitriles is 1. The van der Waals surface area contributed by atoms with E-state index >= 15 is 0 Å². The fraction of sp³-hybridized carbons (Fsp3) is 0.667. The van der Waals surface area contributed by atoms with Crippen LogP contribution in [0.15, 0.2) is 0 Å². The lowest BCUT2D eigenvalue weighted by molar-refractivity contribution is -0.138. The number of carboxylic acid groups (broad SMARTS) is 1. The Morgan fingerprint density at radius 2 is 2.25 bits per heavy atom. The van der Waals surface area contributed by atoms with Crippen molar-refractivity contribution in [3.05, 3.63) is 0 Å². The molecule has 0 aliphatic carbocycles. The topological polar surface area (TPSA) is 113 Å². The first-order valence-corrected chi connectivity index (χ1v) is 4.56. The third-order valence-corrected chi connectivity index (χ3v) is 1.59. The van der Waals surface area contributed by atoms with E-state index in [9.17, 15) is 4.79 Å². The van der Waals surface area contributed by atoms with Gasteiger partial charge in [0.1, 0.15) is 6.04 Å². The van der Waals surface area contributed by atoms with Gasteiger partial charge in [-0.25, -0.2) is 0 Å². The average molecular weight is 191 g/mol. The molecule has 0 saturated heterocycles. The second kappa shape index (κ2) is 10.1. The third-order valence-electron chi connectivity index (χ3n) is 0.950. The smallest absolute Gasteiger partial charge is 0.320 e. The van der Waals surface area contributed by atoms with Crippen molar-refractivity contribution < 1.29 is 9.90 Å². The predicted molar refractivity (Wildman–Crippen MR) is 48.4 cm³/mol. The summed E-state index contributed by atoms with van der Waals surface area (Å²) in [6, 6.07) is -0.683. The van der Waals surface area contributed by atoms with Crippen LogP contribution in [0, 0.1) is 11.5 Å². The number of carboxylic acids is 1. The van der Waals surface area contributed by atoms with Crippen LogP contribution in [0.5, 0.6) is 0 Å². The highest BCUT2D eigenvalue weighted by atomic mass is 32.2. The highest BCUT2D eigenvalue weighted by molar-refractivity contribution is 7.98. The molecule has 70 valence electrons. The SMILES string of the molecule is CSCCC(N)C(=O)O.N#CN. The largest absolute Gasteiger partial charge is 0.480 e. The molecular formula is C6H13N3O2S. The molecule has 0 aliphatic rings. The number of nitrogens with zero attached hydrogens (tertiary/aromatic N) is 1. The van der Waals surface area contributed by atoms with Gasteiger partial charge in [-0.05, 0) is 18.4 Å². The van der Waals surface area contributed by atoms with Crippen LogP contribution in [0.1, 0.15) is 6.42 Å². The zero-order chi connectivity index (χ0) is 9.98. The zero-order valence-electron chi connectivity index (χ0n) is 6.86. The quantitative estimate of drug-likeness (QED) is 0.411. The van der Waals surface area contributed by atoms with E-state index in [2.05, 4.69) is 5.73 Å². The Kier molecular flexibility index (Phi) is 11.5. The molecule has 0 fully saturated rings. The average Bonchev–Trinajstić information content (AvgIpc) is 2.01. The minimum Gasteiger partial charge on any atom is -0.480 e. The van der Waals surface area contributed by atoms with E-state index in [1.165, 1.54) is 6.19 Å². The van der Waals surface area contributed by atoms with E-state index in [4.69, 9.17) is 16.1 Å². The van der Waals surface area contributed by atoms with Gasteiger partial charge in [0.2, 0.25) is 0 Å². The Morgan fingerprint density at radius 1 is 1.83 bits per heavy atom. The van der Waals surface area contributed by atoms with Crippen LogP contribution in [0.3, 0.4) is 0 Å². The van der Waals surface area contributed by atoms with Crippen LogP contribution in [-0.4, -0.2) is 29.1 Å². The Balaban J connectivity index is 0. The lowest BCUT2D eigenvalue weighted by Crippen LogP contribution is -2.30. The molecule has 5 N–H and O–H groups in total. The van der Waals surface area contributed by atoms with Crippen LogP contribution in [0.4, 0.5) is 0 Å². The van der Waals surface area contributed by atoms with Crippen LogP contribution < -0.4 is 11.5 Å². The maximum atomic E-state index is 10.1. The zero-order valence-corrected chi connectivity index (χ0v) is 7.67. The van der Waals surface area contributed by atoms with Crippen LogP contribution in [0.25, 0.3) is 0 Å². The van der Waals surface area contributed by atoms with Crippen LogP contribution in [0.2, 0.25) is 0 Å². The van der Waals surface area contributed by atoms with Crippen molar-refractivity contribution in [2.75, 3.05) is 12.0 Å². The number of aliphatic carboxylic acids is 1. The molecule has 0 amide bonds. The van der Waals surface area contributed by atoms with E-state index in [1.807, 2.05) is 6.26 Å². The van der Waals surface area contributed by atoms with Gasteiger partial charge in [-0.3, -0.25) is 4.79 Å². The van der Waals surface area contributed by atoms with Crippen molar-refractivity contribution in [1.82, 2.24) is 0 Å². The minimum absolute atomic E-state index is 0.552. The molecule has 0 aromatic heterocycles. The van der Waals surface area contributed by atoms with Gasteiger partial charge >= 0.3 is 5.97 Å². The predicted octanol–water partition coefficient (Wildman–Crippen LogP) is -0.422. The van der Waals surface area contributed by atoms with Crippen molar-refractivity contribution in [3.8, 4) is 6.19 Å².